The van der Waals surface area contributed by atoms with Crippen molar-refractivity contribution >= 4 is 23.9 Å². The third-order valence-electron chi connectivity index (χ3n) is 6.24. The molecule has 11 nitrogen and oxygen atoms in total. The third-order valence-corrected chi connectivity index (χ3v) is 6.24. The Balaban J connectivity index is 1.78. The molecule has 1 fully saturated rings. The largest absolute Gasteiger partial charge is 0.465 e. The van der Waals surface area contributed by atoms with E-state index in [2.05, 4.69) is 0 Å². The normalized spacial score (nSPS) is 15.5. The van der Waals surface area contributed by atoms with E-state index in [0.717, 1.165) is 0 Å². The number of hydrogen-bond acceptors (Lipinski definition) is 6. The van der Waals surface area contributed by atoms with Crippen LogP contribution in [0.25, 0.3) is 11.3 Å². The van der Waals surface area contributed by atoms with E-state index in [0.29, 0.717) is 36.4 Å². The first-order valence-corrected chi connectivity index (χ1v) is 12.6. The summed E-state index contributed by atoms with van der Waals surface area (Å²) >= 11 is 0. The first kappa shape index (κ1) is 27.5. The second kappa shape index (κ2) is 11.1. The van der Waals surface area contributed by atoms with Gasteiger partial charge >= 0.3 is 12.2 Å². The highest BCUT2D eigenvalue weighted by molar-refractivity contribution is 6.06. The van der Waals surface area contributed by atoms with Crippen molar-refractivity contribution in [2.24, 2.45) is 5.73 Å². The van der Waals surface area contributed by atoms with Crippen LogP contribution < -0.4 is 15.4 Å². The smallest absolute Gasteiger partial charge is 0.415 e. The van der Waals surface area contributed by atoms with E-state index < -0.39 is 29.7 Å². The van der Waals surface area contributed by atoms with Crippen molar-refractivity contribution in [3.63, 3.8) is 0 Å². The first-order chi connectivity index (χ1) is 18.4. The van der Waals surface area contributed by atoms with Gasteiger partial charge in [0.2, 0.25) is 0 Å². The number of carboxylic acid groups (broad SMARTS) is 1. The van der Waals surface area contributed by atoms with Crippen LogP contribution in [0.1, 0.15) is 50.0 Å². The minimum atomic E-state index is -1.04. The summed E-state index contributed by atoms with van der Waals surface area (Å²) < 4.78 is 13.0. The summed E-state index contributed by atoms with van der Waals surface area (Å²) in [6, 6.07) is 15.9. The van der Waals surface area contributed by atoms with Gasteiger partial charge in [-0.3, -0.25) is 9.69 Å². The molecule has 0 bridgehead atoms. The number of carbonyl (C=O) groups is 3. The number of nitrogens with two attached hydrogens (primary N) is 1. The van der Waals surface area contributed by atoms with Crippen molar-refractivity contribution in [3.05, 3.63) is 60.2 Å². The van der Waals surface area contributed by atoms with Gasteiger partial charge in [0.25, 0.3) is 5.91 Å². The standard InChI is InChI=1S/C28H33N5O6/c1-28(2,3)39-27(37)31(4)25-22(24(29)34)23(30-33(25)19-9-8-16-32(17-19)26(35)36)18-12-14-21(15-13-18)38-20-10-6-5-7-11-20/h5-7,10-15,19H,8-9,16-17H2,1-4H3,(H2,29,34)(H,35,36). The quantitative estimate of drug-likeness (QED) is 0.446. The van der Waals surface area contributed by atoms with E-state index in [4.69, 9.17) is 20.3 Å². The molecule has 3 aromatic rings. The molecule has 1 saturated heterocycles. The number of amides is 3. The SMILES string of the molecule is CN(C(=O)OC(C)(C)C)c1c(C(N)=O)c(-c2ccc(Oc3ccccc3)cc2)nn1C1CCCN(C(=O)O)C1. The fourth-order valence-electron chi connectivity index (χ4n) is 4.48. The maximum absolute atomic E-state index is 13.1. The summed E-state index contributed by atoms with van der Waals surface area (Å²) in [5.74, 6) is 0.625. The fourth-order valence-corrected chi connectivity index (χ4v) is 4.48. The van der Waals surface area contributed by atoms with Gasteiger partial charge in [0.05, 0.1) is 6.04 Å². The van der Waals surface area contributed by atoms with Gasteiger partial charge in [-0.25, -0.2) is 14.3 Å². The topological polar surface area (TPSA) is 140 Å². The number of benzene rings is 2. The average Bonchev–Trinajstić information content (AvgIpc) is 3.29. The van der Waals surface area contributed by atoms with Crippen molar-refractivity contribution in [2.75, 3.05) is 25.0 Å². The van der Waals surface area contributed by atoms with Crippen LogP contribution in [0, 0.1) is 0 Å². The minimum absolute atomic E-state index is 0.0348. The lowest BCUT2D eigenvalue weighted by molar-refractivity contribution is 0.0584. The van der Waals surface area contributed by atoms with E-state index in [1.807, 2.05) is 30.3 Å². The highest BCUT2D eigenvalue weighted by atomic mass is 16.6. The van der Waals surface area contributed by atoms with Crippen LogP contribution in [0.2, 0.25) is 0 Å². The number of aromatic nitrogens is 2. The zero-order chi connectivity index (χ0) is 28.3. The van der Waals surface area contributed by atoms with Crippen LogP contribution in [0.4, 0.5) is 15.4 Å². The number of likely N-dealkylation sites (tertiary alicyclic amines) is 1. The molecule has 1 aliphatic heterocycles. The van der Waals surface area contributed by atoms with Gasteiger partial charge in [-0.05, 0) is 70.0 Å². The molecule has 2 aromatic carbocycles. The van der Waals surface area contributed by atoms with Crippen LogP contribution in [0.15, 0.2) is 54.6 Å². The van der Waals surface area contributed by atoms with Crippen LogP contribution >= 0.6 is 0 Å². The molecule has 0 saturated carbocycles. The van der Waals surface area contributed by atoms with Crippen LogP contribution in [0.5, 0.6) is 11.5 Å². The molecule has 11 heteroatoms. The average molecular weight is 536 g/mol. The van der Waals surface area contributed by atoms with Gasteiger partial charge < -0.3 is 25.2 Å². The fraction of sp³-hybridized carbons (Fsp3) is 0.357. The van der Waals surface area contributed by atoms with Crippen molar-refractivity contribution in [2.45, 2.75) is 45.3 Å². The molecule has 206 valence electrons. The second-order valence-corrected chi connectivity index (χ2v) is 10.4. The zero-order valence-corrected chi connectivity index (χ0v) is 22.5. The molecule has 3 N–H and O–H groups in total. The lowest BCUT2D eigenvalue weighted by Gasteiger charge is -2.33. The lowest BCUT2D eigenvalue weighted by Crippen LogP contribution is -2.42. The van der Waals surface area contributed by atoms with E-state index in [-0.39, 0.29) is 23.6 Å². The Bertz CT molecular complexity index is 1350. The minimum Gasteiger partial charge on any atom is -0.465 e. The van der Waals surface area contributed by atoms with Crippen LogP contribution in [-0.2, 0) is 4.74 Å². The molecular formula is C28H33N5O6. The lowest BCUT2D eigenvalue weighted by atomic mass is 10.1. The van der Waals surface area contributed by atoms with Crippen molar-refractivity contribution in [3.8, 4) is 22.8 Å². The molecule has 39 heavy (non-hydrogen) atoms. The highest BCUT2D eigenvalue weighted by Crippen LogP contribution is 2.36. The number of primary amides is 1. The van der Waals surface area contributed by atoms with Gasteiger partial charge in [0.1, 0.15) is 34.2 Å². The number of piperidine rings is 1. The van der Waals surface area contributed by atoms with E-state index in [1.165, 1.54) is 21.5 Å². The molecule has 0 aliphatic carbocycles. The van der Waals surface area contributed by atoms with E-state index in [1.54, 1.807) is 45.0 Å². The van der Waals surface area contributed by atoms with E-state index >= 15 is 0 Å². The molecule has 3 amide bonds. The Kier molecular flexibility index (Phi) is 7.80. The summed E-state index contributed by atoms with van der Waals surface area (Å²) in [5.41, 5.74) is 5.96. The van der Waals surface area contributed by atoms with Crippen molar-refractivity contribution in [1.29, 1.82) is 0 Å². The van der Waals surface area contributed by atoms with Gasteiger partial charge in [-0.15, -0.1) is 0 Å². The molecule has 4 rings (SSSR count). The summed E-state index contributed by atoms with van der Waals surface area (Å²) in [5, 5.41) is 14.3. The molecule has 1 unspecified atom stereocenters. The molecule has 0 radical (unpaired) electrons. The highest BCUT2D eigenvalue weighted by Gasteiger charge is 2.35. The molecule has 1 aromatic heterocycles. The van der Waals surface area contributed by atoms with Crippen LogP contribution in [-0.4, -0.2) is 63.6 Å². The van der Waals surface area contributed by atoms with Gasteiger partial charge in [-0.2, -0.15) is 5.10 Å². The Morgan fingerprint density at radius 3 is 2.28 bits per heavy atom. The van der Waals surface area contributed by atoms with Crippen molar-refractivity contribution in [1.82, 2.24) is 14.7 Å². The second-order valence-electron chi connectivity index (χ2n) is 10.4. The van der Waals surface area contributed by atoms with Crippen LogP contribution in [0.3, 0.4) is 0 Å². The summed E-state index contributed by atoms with van der Waals surface area (Å²) in [4.78, 5) is 40.2. The molecule has 1 atom stereocenters. The number of ether oxygens (including phenoxy) is 2. The maximum atomic E-state index is 13.1. The third kappa shape index (κ3) is 6.31. The zero-order valence-electron chi connectivity index (χ0n) is 22.5. The van der Waals surface area contributed by atoms with Crippen molar-refractivity contribution < 1.29 is 29.0 Å². The first-order valence-electron chi connectivity index (χ1n) is 12.6. The number of nitrogens with zero attached hydrogens (tertiary/aromatic N) is 4. The Morgan fingerprint density at radius 2 is 1.69 bits per heavy atom. The predicted molar refractivity (Wildman–Crippen MR) is 145 cm³/mol. The number of para-hydroxylation sites is 1. The monoisotopic (exact) mass is 535 g/mol. The predicted octanol–water partition coefficient (Wildman–Crippen LogP) is 5.13. The summed E-state index contributed by atoms with van der Waals surface area (Å²) in [6.07, 6.45) is -0.546. The Hall–Kier alpha value is -4.54. The van der Waals surface area contributed by atoms with Gasteiger partial charge in [0.15, 0.2) is 0 Å². The number of anilines is 1. The number of rotatable bonds is 6. The molecular weight excluding hydrogens is 502 g/mol. The van der Waals surface area contributed by atoms with Gasteiger partial charge in [-0.1, -0.05) is 18.2 Å². The summed E-state index contributed by atoms with van der Waals surface area (Å²) in [6.45, 7) is 5.75. The molecule has 0 spiro atoms. The molecule has 1 aliphatic rings. The Labute approximate surface area is 226 Å². The summed E-state index contributed by atoms with van der Waals surface area (Å²) in [7, 11) is 1.48. The molecule has 2 heterocycles. The number of carbonyl (C=O) groups excluding carboxylic acids is 2. The Morgan fingerprint density at radius 1 is 1.05 bits per heavy atom. The van der Waals surface area contributed by atoms with E-state index in [9.17, 15) is 19.5 Å². The maximum Gasteiger partial charge on any atom is 0.415 e. The van der Waals surface area contributed by atoms with Gasteiger partial charge in [0, 0.05) is 25.7 Å². The number of hydrogen-bond donors (Lipinski definition) is 2.